The number of hydrogen-bond acceptors (Lipinski definition) is 4. The van der Waals surface area contributed by atoms with Crippen molar-refractivity contribution in [1.29, 1.82) is 0 Å². The monoisotopic (exact) mass is 603 g/mol. The van der Waals surface area contributed by atoms with Crippen LogP contribution in [0.1, 0.15) is 48.8 Å². The first-order valence-corrected chi connectivity index (χ1v) is 15.8. The Kier molecular flexibility index (Phi) is 9.24. The lowest BCUT2D eigenvalue weighted by Gasteiger charge is -2.23. The van der Waals surface area contributed by atoms with Crippen LogP contribution in [0.3, 0.4) is 0 Å². The van der Waals surface area contributed by atoms with E-state index in [4.69, 9.17) is 0 Å². The molecule has 5 rings (SSSR count). The van der Waals surface area contributed by atoms with Gasteiger partial charge >= 0.3 is 0 Å². The number of halogens is 1. The fraction of sp³-hybridized carbons (Fsp3) is 0.281. The summed E-state index contributed by atoms with van der Waals surface area (Å²) in [6, 6.07) is 28.0. The number of hydrogen-bond donors (Lipinski definition) is 1. The first-order valence-electron chi connectivity index (χ1n) is 13.5. The van der Waals surface area contributed by atoms with Crippen molar-refractivity contribution >= 4 is 26.0 Å². The Bertz CT molecular complexity index is 1440. The summed E-state index contributed by atoms with van der Waals surface area (Å²) < 4.78 is 29.6. The maximum absolute atomic E-state index is 13.6. The molecule has 0 saturated heterocycles. The zero-order valence-electron chi connectivity index (χ0n) is 22.0. The van der Waals surface area contributed by atoms with Crippen LogP contribution in [0.25, 0.3) is 11.1 Å². The number of aromatic nitrogens is 1. The molecule has 4 aromatic rings. The molecule has 0 radical (unpaired) electrons. The van der Waals surface area contributed by atoms with E-state index in [0.717, 1.165) is 33.3 Å². The van der Waals surface area contributed by atoms with Crippen molar-refractivity contribution in [2.45, 2.75) is 62.7 Å². The molecule has 0 amide bonds. The summed E-state index contributed by atoms with van der Waals surface area (Å²) >= 11 is 3.39. The predicted octanol–water partition coefficient (Wildman–Crippen LogP) is 7.32. The van der Waals surface area contributed by atoms with Crippen molar-refractivity contribution in [2.75, 3.05) is 0 Å². The molecule has 39 heavy (non-hydrogen) atoms. The van der Waals surface area contributed by atoms with E-state index in [2.05, 4.69) is 62.6 Å². The molecule has 3 aromatic carbocycles. The SMILES string of the molecule is O=S(=O)(c1ccc(Br)cc1)N(Cc1ccc(-c2ccc(CNC3CCCCC3)cc2)cc1)Cc1cccnc1. The van der Waals surface area contributed by atoms with E-state index >= 15 is 0 Å². The Hall–Kier alpha value is -2.84. The van der Waals surface area contributed by atoms with Gasteiger partial charge in [0, 0.05) is 42.5 Å². The highest BCUT2D eigenvalue weighted by atomic mass is 79.9. The Labute approximate surface area is 240 Å². The number of sulfonamides is 1. The molecular weight excluding hydrogens is 570 g/mol. The number of nitrogens with one attached hydrogen (secondary N) is 1. The Morgan fingerprint density at radius 1 is 0.769 bits per heavy atom. The molecule has 1 aliphatic carbocycles. The maximum Gasteiger partial charge on any atom is 0.243 e. The molecule has 0 aliphatic heterocycles. The minimum atomic E-state index is -3.72. The average molecular weight is 605 g/mol. The number of nitrogens with zero attached hydrogens (tertiary/aromatic N) is 2. The van der Waals surface area contributed by atoms with Crippen molar-refractivity contribution in [3.8, 4) is 11.1 Å². The Balaban J connectivity index is 1.29. The van der Waals surface area contributed by atoms with Crippen molar-refractivity contribution in [3.63, 3.8) is 0 Å². The lowest BCUT2D eigenvalue weighted by Crippen LogP contribution is -2.30. The van der Waals surface area contributed by atoms with Crippen LogP contribution in [0.5, 0.6) is 0 Å². The maximum atomic E-state index is 13.6. The van der Waals surface area contributed by atoms with E-state index in [1.54, 1.807) is 36.7 Å². The molecule has 202 valence electrons. The van der Waals surface area contributed by atoms with Gasteiger partial charge in [0.25, 0.3) is 0 Å². The molecule has 0 unspecified atom stereocenters. The third-order valence-electron chi connectivity index (χ3n) is 7.33. The highest BCUT2D eigenvalue weighted by Gasteiger charge is 2.25. The van der Waals surface area contributed by atoms with Gasteiger partial charge < -0.3 is 5.32 Å². The molecule has 1 aromatic heterocycles. The molecule has 0 atom stereocenters. The van der Waals surface area contributed by atoms with Crippen LogP contribution in [0.15, 0.2) is 107 Å². The van der Waals surface area contributed by atoms with Crippen molar-refractivity contribution < 1.29 is 8.42 Å². The van der Waals surface area contributed by atoms with Crippen molar-refractivity contribution in [3.05, 3.63) is 118 Å². The average Bonchev–Trinajstić information content (AvgIpc) is 2.98. The number of pyridine rings is 1. The first kappa shape index (κ1) is 27.7. The normalized spacial score (nSPS) is 14.5. The molecule has 1 heterocycles. The number of benzene rings is 3. The van der Waals surface area contributed by atoms with Gasteiger partial charge in [-0.1, -0.05) is 89.8 Å². The van der Waals surface area contributed by atoms with Crippen LogP contribution < -0.4 is 5.32 Å². The molecule has 1 fully saturated rings. The summed E-state index contributed by atoms with van der Waals surface area (Å²) in [7, 11) is -3.72. The summed E-state index contributed by atoms with van der Waals surface area (Å²) in [5.74, 6) is 0. The van der Waals surface area contributed by atoms with E-state index in [1.807, 2.05) is 24.3 Å². The molecule has 5 nitrogen and oxygen atoms in total. The fourth-order valence-electron chi connectivity index (χ4n) is 5.07. The van der Waals surface area contributed by atoms with E-state index < -0.39 is 10.0 Å². The van der Waals surface area contributed by atoms with E-state index in [9.17, 15) is 8.42 Å². The first-order chi connectivity index (χ1) is 19.0. The highest BCUT2D eigenvalue weighted by molar-refractivity contribution is 9.10. The second kappa shape index (κ2) is 13.0. The predicted molar refractivity (Wildman–Crippen MR) is 160 cm³/mol. The minimum Gasteiger partial charge on any atom is -0.310 e. The second-order valence-corrected chi connectivity index (χ2v) is 13.1. The van der Waals surface area contributed by atoms with Crippen molar-refractivity contribution in [2.24, 2.45) is 0 Å². The second-order valence-electron chi connectivity index (χ2n) is 10.2. The van der Waals surface area contributed by atoms with E-state index in [0.29, 0.717) is 6.04 Å². The largest absolute Gasteiger partial charge is 0.310 e. The lowest BCUT2D eigenvalue weighted by molar-refractivity contribution is 0.372. The third-order valence-corrected chi connectivity index (χ3v) is 9.67. The zero-order chi connectivity index (χ0) is 27.1. The van der Waals surface area contributed by atoms with Gasteiger partial charge in [0.15, 0.2) is 0 Å². The molecule has 7 heteroatoms. The van der Waals surface area contributed by atoms with E-state index in [-0.39, 0.29) is 18.0 Å². The van der Waals surface area contributed by atoms with Gasteiger partial charge in [0.1, 0.15) is 0 Å². The third kappa shape index (κ3) is 7.42. The van der Waals surface area contributed by atoms with Crippen LogP contribution in [0.2, 0.25) is 0 Å². The van der Waals surface area contributed by atoms with Gasteiger partial charge in [-0.15, -0.1) is 0 Å². The summed E-state index contributed by atoms with van der Waals surface area (Å²) in [5.41, 5.74) is 5.33. The Morgan fingerprint density at radius 2 is 1.38 bits per heavy atom. The van der Waals surface area contributed by atoms with Gasteiger partial charge in [0.05, 0.1) is 4.90 Å². The molecular formula is C32H34BrN3O2S. The fourth-order valence-corrected chi connectivity index (χ4v) is 6.75. The summed E-state index contributed by atoms with van der Waals surface area (Å²) in [6.45, 7) is 1.41. The molecule has 1 saturated carbocycles. The summed E-state index contributed by atoms with van der Waals surface area (Å²) in [5, 5.41) is 3.71. The lowest BCUT2D eigenvalue weighted by atomic mass is 9.95. The zero-order valence-corrected chi connectivity index (χ0v) is 24.4. The van der Waals surface area contributed by atoms with Gasteiger partial charge in [0.2, 0.25) is 10.0 Å². The van der Waals surface area contributed by atoms with Crippen LogP contribution in [-0.2, 0) is 29.7 Å². The molecule has 1 aliphatic rings. The standard InChI is InChI=1S/C32H34BrN3O2S/c33-30-16-18-32(19-17-30)39(37,38)36(24-27-5-4-20-34-21-27)23-26-10-14-29(15-11-26)28-12-8-25(9-13-28)22-35-31-6-2-1-3-7-31/h4-5,8-21,31,35H,1-3,6-7,22-24H2. The van der Waals surface area contributed by atoms with Crippen LogP contribution >= 0.6 is 15.9 Å². The van der Waals surface area contributed by atoms with Gasteiger partial charge in [-0.3, -0.25) is 4.98 Å². The molecule has 0 spiro atoms. The Morgan fingerprint density at radius 3 is 2.00 bits per heavy atom. The highest BCUT2D eigenvalue weighted by Crippen LogP contribution is 2.25. The van der Waals surface area contributed by atoms with Gasteiger partial charge in [-0.25, -0.2) is 8.42 Å². The van der Waals surface area contributed by atoms with Crippen LogP contribution in [0.4, 0.5) is 0 Å². The summed E-state index contributed by atoms with van der Waals surface area (Å²) in [6.07, 6.45) is 10.0. The quantitative estimate of drug-likeness (QED) is 0.206. The smallest absolute Gasteiger partial charge is 0.243 e. The molecule has 0 bridgehead atoms. The number of rotatable bonds is 10. The van der Waals surface area contributed by atoms with Crippen LogP contribution in [0, 0.1) is 0 Å². The van der Waals surface area contributed by atoms with Gasteiger partial charge in [-0.05, 0) is 71.0 Å². The van der Waals surface area contributed by atoms with E-state index in [1.165, 1.54) is 42.0 Å². The minimum absolute atomic E-state index is 0.240. The van der Waals surface area contributed by atoms with Gasteiger partial charge in [-0.2, -0.15) is 4.31 Å². The van der Waals surface area contributed by atoms with Crippen LogP contribution in [-0.4, -0.2) is 23.7 Å². The molecule has 1 N–H and O–H groups in total. The van der Waals surface area contributed by atoms with Crippen molar-refractivity contribution in [1.82, 2.24) is 14.6 Å². The summed E-state index contributed by atoms with van der Waals surface area (Å²) in [4.78, 5) is 4.43. The topological polar surface area (TPSA) is 62.3 Å².